The Morgan fingerprint density at radius 1 is 1.16 bits per heavy atom. The van der Waals surface area contributed by atoms with Gasteiger partial charge < -0.3 is 29.9 Å². The molecule has 0 aliphatic carbocycles. The lowest BCUT2D eigenvalue weighted by atomic mass is 9.92. The van der Waals surface area contributed by atoms with Gasteiger partial charge in [0.15, 0.2) is 5.82 Å². The van der Waals surface area contributed by atoms with Gasteiger partial charge in [0.05, 0.1) is 17.7 Å². The number of nitriles is 1. The van der Waals surface area contributed by atoms with Crippen LogP contribution >= 0.6 is 7.82 Å². The van der Waals surface area contributed by atoms with Gasteiger partial charge in [0.2, 0.25) is 12.4 Å². The first-order valence-corrected chi connectivity index (χ1v) is 14.6. The van der Waals surface area contributed by atoms with Crippen molar-refractivity contribution in [3.8, 4) is 11.8 Å². The number of aliphatic hydroxyl groups excluding tert-OH is 2. The molecule has 5 rings (SSSR count). The average molecular weight is 612 g/mol. The van der Waals surface area contributed by atoms with E-state index in [4.69, 9.17) is 28.8 Å². The van der Waals surface area contributed by atoms with Gasteiger partial charge in [-0.1, -0.05) is 36.4 Å². The third kappa shape index (κ3) is 5.79. The first-order valence-electron chi connectivity index (χ1n) is 13.2. The molecule has 1 aliphatic rings. The second-order valence-electron chi connectivity index (χ2n) is 10.8. The van der Waals surface area contributed by atoms with E-state index in [9.17, 15) is 24.8 Å². The van der Waals surface area contributed by atoms with Crippen LogP contribution in [0.2, 0.25) is 0 Å². The molecule has 1 saturated heterocycles. The highest BCUT2D eigenvalue weighted by molar-refractivity contribution is 7.48. The predicted octanol–water partition coefficient (Wildman–Crippen LogP) is 3.07. The van der Waals surface area contributed by atoms with E-state index >= 15 is 0 Å². The Labute approximate surface area is 246 Å². The molecule has 0 unspecified atom stereocenters. The molecule has 15 heteroatoms. The third-order valence-corrected chi connectivity index (χ3v) is 8.16. The molecule has 0 bridgehead atoms. The van der Waals surface area contributed by atoms with Crippen molar-refractivity contribution in [1.29, 1.82) is 5.26 Å². The molecule has 0 saturated carbocycles. The van der Waals surface area contributed by atoms with Crippen molar-refractivity contribution in [2.24, 2.45) is 5.41 Å². The Balaban J connectivity index is 1.40. The Hall–Kier alpha value is -4.09. The number of benzene rings is 2. The molecule has 1 aliphatic heterocycles. The number of hydrogen-bond acceptors (Lipinski definition) is 13. The Kier molecular flexibility index (Phi) is 8.15. The smallest absolute Gasteiger partial charge is 0.437 e. The summed E-state index contributed by atoms with van der Waals surface area (Å²) in [5.41, 5.74) is 3.36. The molecule has 1 fully saturated rings. The summed E-state index contributed by atoms with van der Waals surface area (Å²) >= 11 is 0. The molecule has 0 amide bonds. The lowest BCUT2D eigenvalue weighted by Gasteiger charge is -2.24. The van der Waals surface area contributed by atoms with Crippen molar-refractivity contribution in [3.63, 3.8) is 0 Å². The minimum atomic E-state index is -4.58. The summed E-state index contributed by atoms with van der Waals surface area (Å²) in [5, 5.41) is 37.5. The number of aromatic nitrogens is 3. The summed E-state index contributed by atoms with van der Waals surface area (Å²) in [4.78, 5) is 16.2. The zero-order valence-corrected chi connectivity index (χ0v) is 24.4. The second kappa shape index (κ2) is 11.5. The van der Waals surface area contributed by atoms with Gasteiger partial charge >= 0.3 is 13.8 Å². The van der Waals surface area contributed by atoms with Crippen molar-refractivity contribution < 1.29 is 42.6 Å². The summed E-state index contributed by atoms with van der Waals surface area (Å²) in [5.74, 6) is -0.345. The van der Waals surface area contributed by atoms with Gasteiger partial charge in [0.1, 0.15) is 42.0 Å². The number of esters is 1. The Bertz CT molecular complexity index is 1740. The van der Waals surface area contributed by atoms with Crippen LogP contribution in [0.25, 0.3) is 16.3 Å². The van der Waals surface area contributed by atoms with Crippen LogP contribution in [-0.4, -0.2) is 62.5 Å². The molecular formula is C28H30N5O9P. The summed E-state index contributed by atoms with van der Waals surface area (Å²) in [6, 6.07) is 17.1. The number of aliphatic hydroxyl groups is 2. The summed E-state index contributed by atoms with van der Waals surface area (Å²) in [6.45, 7) is 3.49. The van der Waals surface area contributed by atoms with Gasteiger partial charge in [-0.3, -0.25) is 9.32 Å². The van der Waals surface area contributed by atoms with E-state index < -0.39 is 56.5 Å². The van der Waals surface area contributed by atoms with Crippen molar-refractivity contribution in [3.05, 3.63) is 66.6 Å². The normalized spacial score (nSPS) is 23.6. The maximum absolute atomic E-state index is 13.9. The van der Waals surface area contributed by atoms with E-state index in [1.165, 1.54) is 23.0 Å². The molecule has 4 N–H and O–H groups in total. The van der Waals surface area contributed by atoms with Crippen molar-refractivity contribution in [2.75, 3.05) is 19.1 Å². The first kappa shape index (κ1) is 30.4. The molecular weight excluding hydrogens is 581 g/mol. The number of anilines is 1. The van der Waals surface area contributed by atoms with Crippen molar-refractivity contribution >= 4 is 35.9 Å². The van der Waals surface area contributed by atoms with Gasteiger partial charge in [-0.25, -0.2) is 18.6 Å². The van der Waals surface area contributed by atoms with E-state index in [1.54, 1.807) is 45.0 Å². The van der Waals surface area contributed by atoms with Crippen molar-refractivity contribution in [1.82, 2.24) is 14.6 Å². The van der Waals surface area contributed by atoms with Gasteiger partial charge in [0, 0.05) is 5.39 Å². The maximum atomic E-state index is 13.9. The standard InChI is InChI=1S/C28H30N5O9P/c1-27(2,3)26(36)38-16-40-43(37,42-20-10-6-8-17-7-4-5-9-18(17)20)39-13-21-23(34)24(35)28(14-29,41-21)22-12-11-19-25(30)31-15-32-33(19)22/h4-12,15,21,23-24,34-35H,13,16H2,1-3H3,(H2,30,31,32)/t21-,23-,24-,28+,43-/m1/s1. The first-order chi connectivity index (χ1) is 20.4. The summed E-state index contributed by atoms with van der Waals surface area (Å²) in [6.07, 6.45) is -3.66. The number of nitrogens with two attached hydrogens (primary N) is 1. The van der Waals surface area contributed by atoms with Gasteiger partial charge in [-0.15, -0.1) is 0 Å². The van der Waals surface area contributed by atoms with Crippen LogP contribution in [0.3, 0.4) is 0 Å². The number of fused-ring (bicyclic) bond motifs is 2. The highest BCUT2D eigenvalue weighted by Gasteiger charge is 2.58. The molecule has 2 aromatic heterocycles. The lowest BCUT2D eigenvalue weighted by molar-refractivity contribution is -0.160. The predicted molar refractivity (Wildman–Crippen MR) is 151 cm³/mol. The van der Waals surface area contributed by atoms with E-state index in [0.29, 0.717) is 10.9 Å². The zero-order chi connectivity index (χ0) is 31.0. The number of phosphoric ester groups is 1. The fraction of sp³-hybridized carbons (Fsp3) is 0.357. The number of nitrogens with zero attached hydrogens (tertiary/aromatic N) is 4. The fourth-order valence-corrected chi connectivity index (χ4v) is 5.65. The van der Waals surface area contributed by atoms with E-state index in [0.717, 1.165) is 5.39 Å². The Morgan fingerprint density at radius 3 is 2.65 bits per heavy atom. The largest absolute Gasteiger partial charge is 0.533 e. The van der Waals surface area contributed by atoms with Gasteiger partial charge in [-0.05, 0) is 44.4 Å². The Morgan fingerprint density at radius 2 is 1.91 bits per heavy atom. The molecule has 5 atom stereocenters. The van der Waals surface area contributed by atoms with E-state index in [-0.39, 0.29) is 17.3 Å². The van der Waals surface area contributed by atoms with Crippen LogP contribution in [0.15, 0.2) is 60.9 Å². The van der Waals surface area contributed by atoms with Crippen LogP contribution in [0.1, 0.15) is 26.5 Å². The second-order valence-corrected chi connectivity index (χ2v) is 12.4. The zero-order valence-electron chi connectivity index (χ0n) is 23.5. The lowest BCUT2D eigenvalue weighted by Crippen LogP contribution is -2.41. The quantitative estimate of drug-likeness (QED) is 0.142. The molecule has 43 heavy (non-hydrogen) atoms. The molecule has 0 radical (unpaired) electrons. The fourth-order valence-electron chi connectivity index (χ4n) is 4.56. The van der Waals surface area contributed by atoms with Gasteiger partial charge in [0.25, 0.3) is 0 Å². The number of rotatable bonds is 9. The SMILES string of the molecule is CC(C)(C)C(=O)OCO[P@@](=O)(OC[C@H]1O[C@@](C#N)(c2ccc3c(N)ncnn23)[C@H](O)[C@@H]1O)Oc1cccc2ccccc12. The van der Waals surface area contributed by atoms with Crippen LogP contribution in [0.4, 0.5) is 5.82 Å². The highest BCUT2D eigenvalue weighted by atomic mass is 31.2. The molecule has 2 aromatic carbocycles. The van der Waals surface area contributed by atoms with Crippen molar-refractivity contribution in [2.45, 2.75) is 44.7 Å². The average Bonchev–Trinajstić information content (AvgIpc) is 3.52. The minimum Gasteiger partial charge on any atom is -0.437 e. The monoisotopic (exact) mass is 611 g/mol. The number of phosphoric acid groups is 1. The maximum Gasteiger partial charge on any atom is 0.533 e. The molecule has 4 aromatic rings. The molecule has 226 valence electrons. The highest BCUT2D eigenvalue weighted by Crippen LogP contribution is 2.52. The molecule has 0 spiro atoms. The van der Waals surface area contributed by atoms with Gasteiger partial charge in [-0.2, -0.15) is 10.4 Å². The summed E-state index contributed by atoms with van der Waals surface area (Å²) in [7, 11) is -4.58. The minimum absolute atomic E-state index is 0.0775. The third-order valence-electron chi connectivity index (χ3n) is 6.86. The number of hydrogen-bond donors (Lipinski definition) is 3. The molecule has 3 heterocycles. The number of ether oxygens (including phenoxy) is 2. The van der Waals surface area contributed by atoms with E-state index in [2.05, 4.69) is 10.1 Å². The summed E-state index contributed by atoms with van der Waals surface area (Å²) < 4.78 is 42.9. The van der Waals surface area contributed by atoms with Crippen LogP contribution in [-0.2, 0) is 33.5 Å². The number of carbonyl (C=O) groups excluding carboxylic acids is 1. The van der Waals surface area contributed by atoms with E-state index in [1.807, 2.05) is 24.3 Å². The van der Waals surface area contributed by atoms with Crippen LogP contribution < -0.4 is 10.3 Å². The topological polar surface area (TPSA) is 201 Å². The van der Waals surface area contributed by atoms with Crippen LogP contribution in [0.5, 0.6) is 5.75 Å². The van der Waals surface area contributed by atoms with Crippen LogP contribution in [0, 0.1) is 16.7 Å². The molecule has 14 nitrogen and oxygen atoms in total. The number of nitrogen functional groups attached to an aromatic ring is 1. The number of carbonyl (C=O) groups is 1.